The zero-order valence-corrected chi connectivity index (χ0v) is 12.9. The molecule has 0 radical (unpaired) electrons. The highest BCUT2D eigenvalue weighted by Gasteiger charge is 2.15. The quantitative estimate of drug-likeness (QED) is 0.931. The third kappa shape index (κ3) is 3.00. The molecule has 0 aromatic carbocycles. The van der Waals surface area contributed by atoms with E-state index in [9.17, 15) is 5.26 Å². The van der Waals surface area contributed by atoms with E-state index in [1.54, 1.807) is 0 Å². The number of hydrogen-bond donors (Lipinski definition) is 1. The number of nitrogens with one attached hydrogen (secondary N) is 1. The number of anilines is 2. The van der Waals surface area contributed by atoms with Gasteiger partial charge in [-0.2, -0.15) is 10.4 Å². The second-order valence-corrected chi connectivity index (χ2v) is 4.88. The summed E-state index contributed by atoms with van der Waals surface area (Å²) in [6.07, 6.45) is 1.54. The lowest BCUT2D eigenvalue weighted by Gasteiger charge is -2.13. The summed E-state index contributed by atoms with van der Waals surface area (Å²) < 4.78 is 0. The molecule has 2 heterocycles. The Kier molecular flexibility index (Phi) is 4.49. The van der Waals surface area contributed by atoms with Crippen LogP contribution < -0.4 is 5.32 Å². The minimum Gasteiger partial charge on any atom is -0.336 e. The Morgan fingerprint density at radius 2 is 1.90 bits per heavy atom. The van der Waals surface area contributed by atoms with E-state index >= 15 is 0 Å². The molecule has 0 amide bonds. The number of aryl methyl sites for hydroxylation is 3. The minimum absolute atomic E-state index is 0.500. The van der Waals surface area contributed by atoms with Crippen molar-refractivity contribution in [2.45, 2.75) is 40.5 Å². The number of hydrogen-bond acceptors (Lipinski definition) is 5. The standard InChI is InChI=1S/C16H19N5/c1-5-12-13(9-17)16(21-20-14(12)6-2)19-15-8-7-10(3)18-11(15)4/h7-8H,5-6H2,1-4H3,(H,19,21). The molecule has 0 atom stereocenters. The van der Waals surface area contributed by atoms with Gasteiger partial charge in [0.1, 0.15) is 11.6 Å². The molecule has 0 saturated carbocycles. The van der Waals surface area contributed by atoms with E-state index in [0.717, 1.165) is 41.2 Å². The normalized spacial score (nSPS) is 10.2. The van der Waals surface area contributed by atoms with E-state index in [1.807, 2.05) is 39.8 Å². The summed E-state index contributed by atoms with van der Waals surface area (Å²) in [5.74, 6) is 0.500. The molecular formula is C16H19N5. The van der Waals surface area contributed by atoms with E-state index in [1.165, 1.54) is 0 Å². The second kappa shape index (κ2) is 6.31. The van der Waals surface area contributed by atoms with Crippen LogP contribution >= 0.6 is 0 Å². The molecule has 0 aliphatic rings. The third-order valence-corrected chi connectivity index (χ3v) is 3.44. The fraction of sp³-hybridized carbons (Fsp3) is 0.375. The Morgan fingerprint density at radius 1 is 1.14 bits per heavy atom. The number of pyridine rings is 1. The molecule has 2 rings (SSSR count). The predicted octanol–water partition coefficient (Wildman–Crippen LogP) is 3.23. The van der Waals surface area contributed by atoms with Crippen molar-refractivity contribution in [3.63, 3.8) is 0 Å². The average Bonchev–Trinajstić information content (AvgIpc) is 2.49. The van der Waals surface area contributed by atoms with Crippen LogP contribution in [0.15, 0.2) is 12.1 Å². The van der Waals surface area contributed by atoms with Crippen molar-refractivity contribution in [1.29, 1.82) is 5.26 Å². The van der Waals surface area contributed by atoms with Gasteiger partial charge in [-0.15, -0.1) is 5.10 Å². The van der Waals surface area contributed by atoms with Crippen LogP contribution in [-0.4, -0.2) is 15.2 Å². The minimum atomic E-state index is 0.500. The second-order valence-electron chi connectivity index (χ2n) is 4.88. The van der Waals surface area contributed by atoms with E-state index in [-0.39, 0.29) is 0 Å². The SMILES string of the molecule is CCc1nnc(Nc2ccc(C)nc2C)c(C#N)c1CC. The van der Waals surface area contributed by atoms with Gasteiger partial charge >= 0.3 is 0 Å². The molecule has 5 heteroatoms. The highest BCUT2D eigenvalue weighted by atomic mass is 15.2. The van der Waals surface area contributed by atoms with Gasteiger partial charge in [-0.25, -0.2) is 0 Å². The first kappa shape index (κ1) is 14.9. The summed E-state index contributed by atoms with van der Waals surface area (Å²) in [6, 6.07) is 6.13. The Hall–Kier alpha value is -2.48. The van der Waals surface area contributed by atoms with Gasteiger partial charge in [-0.3, -0.25) is 4.98 Å². The van der Waals surface area contributed by atoms with Crippen molar-refractivity contribution in [3.8, 4) is 6.07 Å². The van der Waals surface area contributed by atoms with E-state index in [4.69, 9.17) is 0 Å². The van der Waals surface area contributed by atoms with E-state index in [2.05, 4.69) is 26.6 Å². The number of rotatable bonds is 4. The lowest BCUT2D eigenvalue weighted by Crippen LogP contribution is -2.08. The van der Waals surface area contributed by atoms with Gasteiger partial charge in [0.05, 0.1) is 17.1 Å². The van der Waals surface area contributed by atoms with E-state index in [0.29, 0.717) is 11.4 Å². The molecule has 0 fully saturated rings. The van der Waals surface area contributed by atoms with Crippen molar-refractivity contribution in [2.75, 3.05) is 5.32 Å². The first-order chi connectivity index (χ1) is 10.1. The van der Waals surface area contributed by atoms with Crippen molar-refractivity contribution in [3.05, 3.63) is 40.3 Å². The zero-order chi connectivity index (χ0) is 15.4. The van der Waals surface area contributed by atoms with Crippen molar-refractivity contribution in [1.82, 2.24) is 15.2 Å². The van der Waals surface area contributed by atoms with Crippen LogP contribution in [0.25, 0.3) is 0 Å². The summed E-state index contributed by atoms with van der Waals surface area (Å²) in [7, 11) is 0. The molecule has 1 N–H and O–H groups in total. The summed E-state index contributed by atoms with van der Waals surface area (Å²) in [5.41, 5.74) is 5.11. The largest absolute Gasteiger partial charge is 0.336 e. The highest BCUT2D eigenvalue weighted by Crippen LogP contribution is 2.24. The van der Waals surface area contributed by atoms with Gasteiger partial charge in [-0.05, 0) is 44.4 Å². The number of aromatic nitrogens is 3. The fourth-order valence-corrected chi connectivity index (χ4v) is 2.33. The van der Waals surface area contributed by atoms with Crippen LogP contribution in [0, 0.1) is 25.2 Å². The maximum atomic E-state index is 9.47. The number of nitrogens with zero attached hydrogens (tertiary/aromatic N) is 4. The lowest BCUT2D eigenvalue weighted by molar-refractivity contribution is 0.877. The summed E-state index contributed by atoms with van der Waals surface area (Å²) in [4.78, 5) is 4.41. The van der Waals surface area contributed by atoms with Crippen molar-refractivity contribution >= 4 is 11.5 Å². The first-order valence-electron chi connectivity index (χ1n) is 7.10. The van der Waals surface area contributed by atoms with Crippen LogP contribution in [0.5, 0.6) is 0 Å². The van der Waals surface area contributed by atoms with Crippen LogP contribution in [0.2, 0.25) is 0 Å². The predicted molar refractivity (Wildman–Crippen MR) is 82.5 cm³/mol. The maximum Gasteiger partial charge on any atom is 0.171 e. The van der Waals surface area contributed by atoms with Gasteiger partial charge in [-0.1, -0.05) is 13.8 Å². The van der Waals surface area contributed by atoms with Crippen LogP contribution in [0.4, 0.5) is 11.5 Å². The average molecular weight is 281 g/mol. The Balaban J connectivity index is 2.47. The molecule has 0 saturated heterocycles. The van der Waals surface area contributed by atoms with E-state index < -0.39 is 0 Å². The molecular weight excluding hydrogens is 262 g/mol. The van der Waals surface area contributed by atoms with Crippen molar-refractivity contribution < 1.29 is 0 Å². The van der Waals surface area contributed by atoms with Gasteiger partial charge < -0.3 is 5.32 Å². The maximum absolute atomic E-state index is 9.47. The molecule has 2 aromatic heterocycles. The molecule has 108 valence electrons. The monoisotopic (exact) mass is 281 g/mol. The van der Waals surface area contributed by atoms with Crippen LogP contribution in [-0.2, 0) is 12.8 Å². The molecule has 2 aromatic rings. The summed E-state index contributed by atoms with van der Waals surface area (Å²) in [5, 5.41) is 21.1. The lowest BCUT2D eigenvalue weighted by atomic mass is 10.0. The highest BCUT2D eigenvalue weighted by molar-refractivity contribution is 5.66. The van der Waals surface area contributed by atoms with Gasteiger partial charge in [0.2, 0.25) is 0 Å². The van der Waals surface area contributed by atoms with Gasteiger partial charge in [0.15, 0.2) is 5.82 Å². The molecule has 21 heavy (non-hydrogen) atoms. The summed E-state index contributed by atoms with van der Waals surface area (Å²) in [6.45, 7) is 7.92. The Morgan fingerprint density at radius 3 is 2.48 bits per heavy atom. The third-order valence-electron chi connectivity index (χ3n) is 3.44. The molecule has 0 bridgehead atoms. The van der Waals surface area contributed by atoms with Gasteiger partial charge in [0.25, 0.3) is 0 Å². The molecule has 0 aliphatic carbocycles. The van der Waals surface area contributed by atoms with Crippen molar-refractivity contribution in [2.24, 2.45) is 0 Å². The first-order valence-corrected chi connectivity index (χ1v) is 7.10. The Labute approximate surface area is 125 Å². The summed E-state index contributed by atoms with van der Waals surface area (Å²) >= 11 is 0. The molecule has 0 aliphatic heterocycles. The zero-order valence-electron chi connectivity index (χ0n) is 12.9. The topological polar surface area (TPSA) is 74.5 Å². The molecule has 0 unspecified atom stereocenters. The van der Waals surface area contributed by atoms with Crippen LogP contribution in [0.3, 0.4) is 0 Å². The smallest absolute Gasteiger partial charge is 0.171 e. The molecule has 0 spiro atoms. The molecule has 5 nitrogen and oxygen atoms in total. The van der Waals surface area contributed by atoms with Gasteiger partial charge in [0, 0.05) is 5.69 Å². The fourth-order valence-electron chi connectivity index (χ4n) is 2.33. The number of nitriles is 1. The Bertz CT molecular complexity index is 701. The van der Waals surface area contributed by atoms with Crippen LogP contribution in [0.1, 0.15) is 42.1 Å².